The number of alkyl halides is 2. The molecule has 0 bridgehead atoms. The van der Waals surface area contributed by atoms with Crippen molar-refractivity contribution in [2.24, 2.45) is 5.92 Å². The predicted molar refractivity (Wildman–Crippen MR) is 115 cm³/mol. The van der Waals surface area contributed by atoms with E-state index in [1.807, 2.05) is 0 Å². The van der Waals surface area contributed by atoms with E-state index < -0.39 is 0 Å². The van der Waals surface area contributed by atoms with Crippen molar-refractivity contribution >= 4 is 23.2 Å². The Morgan fingerprint density at radius 3 is 1.81 bits per heavy atom. The van der Waals surface area contributed by atoms with Crippen molar-refractivity contribution in [3.05, 3.63) is 0 Å². The van der Waals surface area contributed by atoms with Crippen LogP contribution in [0.15, 0.2) is 0 Å². The summed E-state index contributed by atoms with van der Waals surface area (Å²) in [4.78, 5) is 4.47. The first kappa shape index (κ1) is 24.5. The summed E-state index contributed by atoms with van der Waals surface area (Å²) in [6.45, 7) is 8.35. The molecule has 0 radical (unpaired) electrons. The molecule has 3 nitrogen and oxygen atoms in total. The number of aliphatic hydroxyl groups is 1. The van der Waals surface area contributed by atoms with Crippen molar-refractivity contribution < 1.29 is 5.11 Å². The van der Waals surface area contributed by atoms with Crippen molar-refractivity contribution in [2.75, 3.05) is 19.7 Å². The fourth-order valence-corrected chi connectivity index (χ4v) is 5.04. The monoisotopic (exact) mass is 408 g/mol. The molecule has 0 aromatic heterocycles. The van der Waals surface area contributed by atoms with Crippen molar-refractivity contribution in [1.82, 2.24) is 9.80 Å². The largest absolute Gasteiger partial charge is 0.395 e. The van der Waals surface area contributed by atoms with E-state index in [0.29, 0.717) is 12.5 Å². The normalized spacial score (nSPS) is 25.8. The van der Waals surface area contributed by atoms with Crippen LogP contribution in [0.2, 0.25) is 0 Å². The molecule has 1 fully saturated rings. The topological polar surface area (TPSA) is 26.7 Å². The summed E-state index contributed by atoms with van der Waals surface area (Å²) in [5.74, 6) is 0.514. The van der Waals surface area contributed by atoms with Crippen molar-refractivity contribution in [3.63, 3.8) is 0 Å². The van der Waals surface area contributed by atoms with Crippen LogP contribution in [0.4, 0.5) is 0 Å². The smallest absolute Gasteiger partial charge is 0.116 e. The molecule has 1 heterocycles. The van der Waals surface area contributed by atoms with Gasteiger partial charge < -0.3 is 5.11 Å². The van der Waals surface area contributed by atoms with E-state index in [9.17, 15) is 5.11 Å². The summed E-state index contributed by atoms with van der Waals surface area (Å²) in [5.41, 5.74) is -0.391. The van der Waals surface area contributed by atoms with Crippen LogP contribution in [0.25, 0.3) is 0 Å². The van der Waals surface area contributed by atoms with Gasteiger partial charge in [-0.15, -0.1) is 23.2 Å². The molecule has 5 heteroatoms. The molecule has 1 saturated heterocycles. The molecular weight excluding hydrogens is 367 g/mol. The number of rotatable bonds is 15. The lowest BCUT2D eigenvalue weighted by molar-refractivity contribution is 0.0643. The maximum absolute atomic E-state index is 9.39. The standard InChI is InChI=1S/C21H42Cl2N2O/c1-4-6-7-8-9-10-11-12-13-14-15-18(3)21-24(5-2)19(22)20(23)25(21)16-17-26/h18-21,26H,4-17H2,1-3H3. The molecule has 0 aromatic rings. The molecule has 1 rings (SSSR count). The fourth-order valence-electron chi connectivity index (χ4n) is 4.29. The van der Waals surface area contributed by atoms with Gasteiger partial charge in [0, 0.05) is 6.54 Å². The van der Waals surface area contributed by atoms with Crippen molar-refractivity contribution in [3.8, 4) is 0 Å². The van der Waals surface area contributed by atoms with Gasteiger partial charge in [-0.1, -0.05) is 85.0 Å². The SMILES string of the molecule is CCCCCCCCCCCCC(C)C1N(CC)C(Cl)C(Cl)N1CCO. The number of unbranched alkanes of at least 4 members (excludes halogenated alkanes) is 9. The Morgan fingerprint density at radius 2 is 1.31 bits per heavy atom. The Labute approximate surface area is 172 Å². The lowest BCUT2D eigenvalue weighted by Crippen LogP contribution is -2.45. The molecule has 4 atom stereocenters. The van der Waals surface area contributed by atoms with Gasteiger partial charge in [0.1, 0.15) is 11.0 Å². The van der Waals surface area contributed by atoms with E-state index in [1.165, 1.54) is 70.6 Å². The minimum Gasteiger partial charge on any atom is -0.395 e. The van der Waals surface area contributed by atoms with Crippen LogP contribution in [0, 0.1) is 5.92 Å². The Kier molecular flexibility index (Phi) is 13.6. The van der Waals surface area contributed by atoms with E-state index in [1.54, 1.807) is 0 Å². The number of nitrogens with zero attached hydrogens (tertiary/aromatic N) is 2. The number of β-amino-alcohol motifs (C(OH)–C–C–N with tert-alkyl or cyclic N) is 1. The van der Waals surface area contributed by atoms with Gasteiger partial charge in [0.15, 0.2) is 0 Å². The minimum absolute atomic E-state index is 0.131. The van der Waals surface area contributed by atoms with Crippen molar-refractivity contribution in [2.45, 2.75) is 109 Å². The lowest BCUT2D eigenvalue weighted by Gasteiger charge is -2.34. The second kappa shape index (κ2) is 14.5. The Balaban J connectivity index is 2.25. The van der Waals surface area contributed by atoms with Crippen LogP contribution >= 0.6 is 23.2 Å². The van der Waals surface area contributed by atoms with Crippen LogP contribution in [0.1, 0.15) is 91.4 Å². The van der Waals surface area contributed by atoms with E-state index >= 15 is 0 Å². The third-order valence-corrected chi connectivity index (χ3v) is 6.89. The minimum atomic E-state index is -0.219. The van der Waals surface area contributed by atoms with Gasteiger partial charge >= 0.3 is 0 Å². The van der Waals surface area contributed by atoms with E-state index in [0.717, 1.165) is 6.54 Å². The average Bonchev–Trinajstić information content (AvgIpc) is 2.88. The van der Waals surface area contributed by atoms with Gasteiger partial charge in [-0.2, -0.15) is 0 Å². The van der Waals surface area contributed by atoms with Crippen molar-refractivity contribution in [1.29, 1.82) is 0 Å². The number of hydrogen-bond donors (Lipinski definition) is 1. The molecule has 0 aliphatic carbocycles. The molecule has 1 N–H and O–H groups in total. The molecular formula is C21H42Cl2N2O. The molecule has 1 aliphatic rings. The number of likely N-dealkylation sites (N-methyl/N-ethyl adjacent to an activating group) is 1. The van der Waals surface area contributed by atoms with E-state index in [2.05, 4.69) is 30.6 Å². The van der Waals surface area contributed by atoms with Gasteiger partial charge in [0.25, 0.3) is 0 Å². The second-order valence-electron chi connectivity index (χ2n) is 7.90. The highest BCUT2D eigenvalue weighted by atomic mass is 35.5. The second-order valence-corrected chi connectivity index (χ2v) is 8.79. The zero-order chi connectivity index (χ0) is 19.4. The Hall–Kier alpha value is 0.460. The molecule has 4 unspecified atom stereocenters. The molecule has 0 aromatic carbocycles. The third-order valence-electron chi connectivity index (χ3n) is 5.79. The van der Waals surface area contributed by atoms with E-state index in [-0.39, 0.29) is 23.8 Å². The Bertz CT molecular complexity index is 346. The maximum atomic E-state index is 9.39. The molecule has 26 heavy (non-hydrogen) atoms. The summed E-state index contributed by atoms with van der Waals surface area (Å²) in [6, 6.07) is 0. The van der Waals surface area contributed by atoms with Crippen LogP contribution in [0.3, 0.4) is 0 Å². The highest BCUT2D eigenvalue weighted by molar-refractivity contribution is 6.29. The van der Waals surface area contributed by atoms with Crippen LogP contribution in [0.5, 0.6) is 0 Å². The molecule has 0 spiro atoms. The number of halogens is 2. The first-order valence-electron chi connectivity index (χ1n) is 11.0. The zero-order valence-electron chi connectivity index (χ0n) is 17.3. The summed E-state index contributed by atoms with van der Waals surface area (Å²) in [5, 5.41) is 9.39. The number of hydrogen-bond acceptors (Lipinski definition) is 3. The third kappa shape index (κ3) is 7.83. The highest BCUT2D eigenvalue weighted by Crippen LogP contribution is 2.36. The molecule has 0 amide bonds. The van der Waals surface area contributed by atoms with Gasteiger partial charge in [-0.3, -0.25) is 9.80 Å². The van der Waals surface area contributed by atoms with Gasteiger partial charge in [0.05, 0.1) is 12.8 Å². The predicted octanol–water partition coefficient (Wildman–Crippen LogP) is 6.02. The highest BCUT2D eigenvalue weighted by Gasteiger charge is 2.46. The van der Waals surface area contributed by atoms with Gasteiger partial charge in [-0.05, 0) is 18.9 Å². The van der Waals surface area contributed by atoms with Crippen LogP contribution in [-0.2, 0) is 0 Å². The summed E-state index contributed by atoms with van der Waals surface area (Å²) in [6.07, 6.45) is 15.2. The van der Waals surface area contributed by atoms with Crippen LogP contribution < -0.4 is 0 Å². The average molecular weight is 409 g/mol. The lowest BCUT2D eigenvalue weighted by atomic mass is 9.97. The van der Waals surface area contributed by atoms with E-state index in [4.69, 9.17) is 23.2 Å². The summed E-state index contributed by atoms with van der Waals surface area (Å²) >= 11 is 13.1. The molecule has 0 saturated carbocycles. The molecule has 156 valence electrons. The molecule has 1 aliphatic heterocycles. The zero-order valence-corrected chi connectivity index (χ0v) is 18.8. The van der Waals surface area contributed by atoms with Crippen LogP contribution in [-0.4, -0.2) is 51.8 Å². The quantitative estimate of drug-likeness (QED) is 0.204. The fraction of sp³-hybridized carbons (Fsp3) is 1.00. The summed E-state index contributed by atoms with van der Waals surface area (Å²) < 4.78 is 0. The maximum Gasteiger partial charge on any atom is 0.116 e. The number of aliphatic hydroxyl groups excluding tert-OH is 1. The first-order valence-corrected chi connectivity index (χ1v) is 11.9. The first-order chi connectivity index (χ1) is 12.6. The summed E-state index contributed by atoms with van der Waals surface area (Å²) in [7, 11) is 0. The Morgan fingerprint density at radius 1 is 0.808 bits per heavy atom. The van der Waals surface area contributed by atoms with Gasteiger partial charge in [-0.25, -0.2) is 0 Å². The van der Waals surface area contributed by atoms with Gasteiger partial charge in [0.2, 0.25) is 0 Å².